The molecule has 7 heteroatoms. The van der Waals surface area contributed by atoms with Gasteiger partial charge in [0.2, 0.25) is 0 Å². The largest absolute Gasteiger partial charge is 0.397 e. The normalized spacial score (nSPS) is 9.40. The van der Waals surface area contributed by atoms with Crippen molar-refractivity contribution in [3.8, 4) is 0 Å². The average molecular weight is 211 g/mol. The first-order chi connectivity index (χ1) is 7.15. The summed E-state index contributed by atoms with van der Waals surface area (Å²) in [4.78, 5) is 20.5. The van der Waals surface area contributed by atoms with Crippen LogP contribution in [0.4, 0.5) is 5.69 Å². The summed E-state index contributed by atoms with van der Waals surface area (Å²) >= 11 is 0. The number of rotatable bonds is 4. The highest BCUT2D eigenvalue weighted by Gasteiger charge is 2.13. The van der Waals surface area contributed by atoms with Gasteiger partial charge in [-0.05, 0) is 12.1 Å². The van der Waals surface area contributed by atoms with Crippen molar-refractivity contribution in [2.75, 3.05) is 12.2 Å². The van der Waals surface area contributed by atoms with E-state index in [2.05, 4.69) is 10.2 Å². The van der Waals surface area contributed by atoms with Crippen molar-refractivity contribution >= 4 is 11.7 Å². The van der Waals surface area contributed by atoms with E-state index in [0.717, 1.165) is 0 Å². The van der Waals surface area contributed by atoms with Gasteiger partial charge in [0.1, 0.15) is 0 Å². The molecule has 7 nitrogen and oxygen atoms in total. The zero-order valence-corrected chi connectivity index (χ0v) is 7.67. The standard InChI is InChI=1S/C8H9N3O4/c9-10-7-4-2-1-3-6(7)8(12)15-5-11(13)14/h1-4,10H,5,9H2. The smallest absolute Gasteiger partial charge is 0.347 e. The third-order valence-electron chi connectivity index (χ3n) is 1.60. The zero-order chi connectivity index (χ0) is 11.3. The van der Waals surface area contributed by atoms with Crippen LogP contribution >= 0.6 is 0 Å². The Morgan fingerprint density at radius 1 is 1.53 bits per heavy atom. The molecule has 1 aromatic rings. The van der Waals surface area contributed by atoms with Crippen LogP contribution in [0.15, 0.2) is 24.3 Å². The highest BCUT2D eigenvalue weighted by Crippen LogP contribution is 2.14. The second kappa shape index (κ2) is 4.91. The van der Waals surface area contributed by atoms with E-state index in [1.807, 2.05) is 0 Å². The quantitative estimate of drug-likeness (QED) is 0.245. The molecule has 0 aromatic heterocycles. The summed E-state index contributed by atoms with van der Waals surface area (Å²) in [5, 5.41) is 9.98. The summed E-state index contributed by atoms with van der Waals surface area (Å²) in [7, 11) is 0. The minimum atomic E-state index is -0.863. The Labute approximate surface area is 84.9 Å². The van der Waals surface area contributed by atoms with Crippen LogP contribution in [0.2, 0.25) is 0 Å². The molecule has 0 unspecified atom stereocenters. The monoisotopic (exact) mass is 211 g/mol. The van der Waals surface area contributed by atoms with Crippen molar-refractivity contribution in [1.29, 1.82) is 0 Å². The van der Waals surface area contributed by atoms with E-state index < -0.39 is 17.6 Å². The number of ether oxygens (including phenoxy) is 1. The number of hydrogen-bond acceptors (Lipinski definition) is 6. The van der Waals surface area contributed by atoms with Gasteiger partial charge in [0.15, 0.2) is 0 Å². The number of hydrogen-bond donors (Lipinski definition) is 2. The molecular weight excluding hydrogens is 202 g/mol. The predicted octanol–water partition coefficient (Wildman–Crippen LogP) is 0.363. The minimum absolute atomic E-state index is 0.154. The van der Waals surface area contributed by atoms with E-state index in [0.29, 0.717) is 5.69 Å². The van der Waals surface area contributed by atoms with Gasteiger partial charge in [-0.1, -0.05) is 12.1 Å². The first-order valence-electron chi connectivity index (χ1n) is 3.99. The molecule has 0 heterocycles. The predicted molar refractivity (Wildman–Crippen MR) is 51.5 cm³/mol. The van der Waals surface area contributed by atoms with Crippen LogP contribution < -0.4 is 11.3 Å². The van der Waals surface area contributed by atoms with Gasteiger partial charge in [-0.3, -0.25) is 16.0 Å². The van der Waals surface area contributed by atoms with Crippen molar-refractivity contribution in [3.05, 3.63) is 39.9 Å². The summed E-state index contributed by atoms with van der Waals surface area (Å²) in [5.41, 5.74) is 2.80. The Balaban J connectivity index is 2.77. The number of carbonyl (C=O) groups is 1. The van der Waals surface area contributed by atoms with Crippen LogP contribution in [0, 0.1) is 10.1 Å². The maximum atomic E-state index is 11.3. The van der Waals surface area contributed by atoms with Crippen molar-refractivity contribution < 1.29 is 14.5 Å². The molecular formula is C8H9N3O4. The van der Waals surface area contributed by atoms with E-state index in [9.17, 15) is 14.9 Å². The highest BCUT2D eigenvalue weighted by molar-refractivity contribution is 5.95. The van der Waals surface area contributed by atoms with Crippen LogP contribution in [0.5, 0.6) is 0 Å². The Morgan fingerprint density at radius 3 is 2.80 bits per heavy atom. The fourth-order valence-corrected chi connectivity index (χ4v) is 0.976. The number of nitrogen functional groups attached to an aromatic ring is 1. The number of hydrazine groups is 1. The number of anilines is 1. The van der Waals surface area contributed by atoms with Gasteiger partial charge in [0.05, 0.1) is 16.2 Å². The van der Waals surface area contributed by atoms with Gasteiger partial charge < -0.3 is 10.2 Å². The number of benzene rings is 1. The fourth-order valence-electron chi connectivity index (χ4n) is 0.976. The topological polar surface area (TPSA) is 107 Å². The Hall–Kier alpha value is -2.15. The van der Waals surface area contributed by atoms with E-state index in [4.69, 9.17) is 5.84 Å². The molecule has 0 amide bonds. The van der Waals surface area contributed by atoms with Crippen LogP contribution in [0.3, 0.4) is 0 Å². The summed E-state index contributed by atoms with van der Waals surface area (Å²) in [5.74, 6) is 4.36. The van der Waals surface area contributed by atoms with Gasteiger partial charge in [-0.2, -0.15) is 0 Å². The van der Waals surface area contributed by atoms with Crippen molar-refractivity contribution in [3.63, 3.8) is 0 Å². The third-order valence-corrected chi connectivity index (χ3v) is 1.60. The number of para-hydroxylation sites is 1. The van der Waals surface area contributed by atoms with E-state index in [1.54, 1.807) is 18.2 Å². The highest BCUT2D eigenvalue weighted by atomic mass is 16.7. The SMILES string of the molecule is NNc1ccccc1C(=O)OC[N+](=O)[O-]. The molecule has 0 aliphatic rings. The molecule has 0 atom stereocenters. The number of nitro groups is 1. The lowest BCUT2D eigenvalue weighted by atomic mass is 10.2. The van der Waals surface area contributed by atoms with Gasteiger partial charge in [0.25, 0.3) is 0 Å². The molecule has 0 spiro atoms. The number of nitrogens with two attached hydrogens (primary N) is 1. The van der Waals surface area contributed by atoms with E-state index in [1.165, 1.54) is 6.07 Å². The molecule has 0 saturated heterocycles. The van der Waals surface area contributed by atoms with Gasteiger partial charge in [0, 0.05) is 0 Å². The lowest BCUT2D eigenvalue weighted by molar-refractivity contribution is -0.517. The molecule has 3 N–H and O–H groups in total. The zero-order valence-electron chi connectivity index (χ0n) is 7.67. The number of nitrogens with zero attached hydrogens (tertiary/aromatic N) is 1. The van der Waals surface area contributed by atoms with E-state index >= 15 is 0 Å². The second-order valence-electron chi connectivity index (χ2n) is 2.58. The molecule has 0 aliphatic heterocycles. The minimum Gasteiger partial charge on any atom is -0.397 e. The Kier molecular flexibility index (Phi) is 3.58. The molecule has 0 bridgehead atoms. The molecule has 1 rings (SSSR count). The Bertz CT molecular complexity index is 380. The summed E-state index contributed by atoms with van der Waals surface area (Å²) in [6.45, 7) is -0.863. The number of esters is 1. The molecule has 0 fully saturated rings. The third kappa shape index (κ3) is 2.92. The van der Waals surface area contributed by atoms with Crippen LogP contribution in [0.1, 0.15) is 10.4 Å². The van der Waals surface area contributed by atoms with Crippen molar-refractivity contribution in [1.82, 2.24) is 0 Å². The molecule has 0 radical (unpaired) electrons. The molecule has 80 valence electrons. The van der Waals surface area contributed by atoms with Crippen LogP contribution in [-0.2, 0) is 4.74 Å². The first-order valence-corrected chi connectivity index (χ1v) is 3.99. The number of carbonyl (C=O) groups excluding carboxylic acids is 1. The van der Waals surface area contributed by atoms with E-state index in [-0.39, 0.29) is 5.56 Å². The Morgan fingerprint density at radius 2 is 2.20 bits per heavy atom. The van der Waals surface area contributed by atoms with Gasteiger partial charge >= 0.3 is 12.7 Å². The van der Waals surface area contributed by atoms with Crippen LogP contribution in [-0.4, -0.2) is 17.6 Å². The molecule has 0 saturated carbocycles. The molecule has 1 aromatic carbocycles. The summed E-state index contributed by atoms with van der Waals surface area (Å²) in [6, 6.07) is 6.28. The fraction of sp³-hybridized carbons (Fsp3) is 0.125. The maximum absolute atomic E-state index is 11.3. The maximum Gasteiger partial charge on any atom is 0.347 e. The van der Waals surface area contributed by atoms with Crippen molar-refractivity contribution in [2.45, 2.75) is 0 Å². The molecule has 0 aliphatic carbocycles. The number of nitrogens with one attached hydrogen (secondary N) is 1. The second-order valence-corrected chi connectivity index (χ2v) is 2.58. The molecule has 15 heavy (non-hydrogen) atoms. The van der Waals surface area contributed by atoms with Gasteiger partial charge in [-0.25, -0.2) is 4.79 Å². The summed E-state index contributed by atoms with van der Waals surface area (Å²) < 4.78 is 4.40. The van der Waals surface area contributed by atoms with Crippen LogP contribution in [0.25, 0.3) is 0 Å². The lowest BCUT2D eigenvalue weighted by Gasteiger charge is -2.05. The van der Waals surface area contributed by atoms with Gasteiger partial charge in [-0.15, -0.1) is 0 Å². The average Bonchev–Trinajstić information content (AvgIpc) is 2.25. The first kappa shape index (κ1) is 10.9. The van der Waals surface area contributed by atoms with Crippen molar-refractivity contribution in [2.24, 2.45) is 5.84 Å². The summed E-state index contributed by atoms with van der Waals surface area (Å²) in [6.07, 6.45) is 0. The lowest BCUT2D eigenvalue weighted by Crippen LogP contribution is -2.16.